The van der Waals surface area contributed by atoms with Crippen LogP contribution in [-0.4, -0.2) is 32.5 Å². The van der Waals surface area contributed by atoms with Gasteiger partial charge in [0.2, 0.25) is 0 Å². The van der Waals surface area contributed by atoms with Crippen LogP contribution in [0.2, 0.25) is 0 Å². The van der Waals surface area contributed by atoms with E-state index < -0.39 is 10.9 Å². The van der Waals surface area contributed by atoms with Crippen LogP contribution in [0.5, 0.6) is 0 Å². The first kappa shape index (κ1) is 12.0. The Morgan fingerprint density at radius 1 is 1.44 bits per heavy atom. The Labute approximate surface area is 101 Å². The molecule has 94 valence electrons. The Morgan fingerprint density at radius 3 is 2.83 bits per heavy atom. The van der Waals surface area contributed by atoms with Crippen molar-refractivity contribution >= 4 is 22.7 Å². The smallest absolute Gasteiger partial charge is 0.329 e. The number of fused-ring (bicyclic) bond motifs is 1. The minimum absolute atomic E-state index is 0.0642. The molecular formula is C10H10N4O4. The SMILES string of the molecule is CCOC(=O)Cn1nc2ccc([N+](=O)[O-])cc2n1. The molecule has 0 aliphatic rings. The maximum absolute atomic E-state index is 11.2. The van der Waals surface area contributed by atoms with Crippen LogP contribution >= 0.6 is 0 Å². The van der Waals surface area contributed by atoms with E-state index in [0.29, 0.717) is 11.0 Å². The van der Waals surface area contributed by atoms with Crippen molar-refractivity contribution in [2.75, 3.05) is 6.61 Å². The lowest BCUT2D eigenvalue weighted by atomic mass is 10.3. The highest BCUT2D eigenvalue weighted by Gasteiger charge is 2.11. The second-order valence-corrected chi connectivity index (χ2v) is 3.47. The number of rotatable bonds is 4. The number of non-ortho nitro benzene ring substituents is 1. The predicted octanol–water partition coefficient (Wildman–Crippen LogP) is 0.903. The number of aromatic nitrogens is 3. The fourth-order valence-electron chi connectivity index (χ4n) is 1.45. The van der Waals surface area contributed by atoms with E-state index in [-0.39, 0.29) is 18.8 Å². The molecule has 8 heteroatoms. The molecule has 1 heterocycles. The van der Waals surface area contributed by atoms with Gasteiger partial charge in [-0.3, -0.25) is 10.1 Å². The number of carbonyl (C=O) groups is 1. The third-order valence-electron chi connectivity index (χ3n) is 2.19. The highest BCUT2D eigenvalue weighted by atomic mass is 16.6. The summed E-state index contributed by atoms with van der Waals surface area (Å²) in [6.45, 7) is 1.87. The van der Waals surface area contributed by atoms with Gasteiger partial charge in [0.15, 0.2) is 6.54 Å². The summed E-state index contributed by atoms with van der Waals surface area (Å²) in [6, 6.07) is 4.14. The van der Waals surface area contributed by atoms with Gasteiger partial charge in [0.25, 0.3) is 5.69 Å². The van der Waals surface area contributed by atoms with Gasteiger partial charge in [-0.05, 0) is 13.0 Å². The van der Waals surface area contributed by atoms with E-state index in [1.807, 2.05) is 0 Å². The maximum Gasteiger partial charge on any atom is 0.329 e. The van der Waals surface area contributed by atoms with Gasteiger partial charge in [-0.15, -0.1) is 0 Å². The molecule has 18 heavy (non-hydrogen) atoms. The molecule has 0 radical (unpaired) electrons. The second kappa shape index (κ2) is 4.78. The molecule has 0 unspecified atom stereocenters. The Morgan fingerprint density at radius 2 is 2.17 bits per heavy atom. The largest absolute Gasteiger partial charge is 0.465 e. The Hall–Kier alpha value is -2.51. The zero-order valence-corrected chi connectivity index (χ0v) is 9.57. The Bertz CT molecular complexity index is 607. The Kier molecular flexibility index (Phi) is 3.18. The van der Waals surface area contributed by atoms with Crippen LogP contribution in [0, 0.1) is 10.1 Å². The fraction of sp³-hybridized carbons (Fsp3) is 0.300. The third kappa shape index (κ3) is 2.42. The zero-order valence-electron chi connectivity index (χ0n) is 9.57. The van der Waals surface area contributed by atoms with Crippen molar-refractivity contribution in [2.45, 2.75) is 13.5 Å². The topological polar surface area (TPSA) is 100 Å². The number of hydrogen-bond donors (Lipinski definition) is 0. The van der Waals surface area contributed by atoms with Crippen LogP contribution in [0.15, 0.2) is 18.2 Å². The summed E-state index contributed by atoms with van der Waals surface area (Å²) in [4.78, 5) is 22.5. The van der Waals surface area contributed by atoms with Gasteiger partial charge in [-0.25, -0.2) is 4.79 Å². The number of nitrogens with zero attached hydrogens (tertiary/aromatic N) is 4. The van der Waals surface area contributed by atoms with E-state index in [0.717, 1.165) is 4.80 Å². The third-order valence-corrected chi connectivity index (χ3v) is 2.19. The zero-order chi connectivity index (χ0) is 13.1. The summed E-state index contributed by atoms with van der Waals surface area (Å²) in [7, 11) is 0. The van der Waals surface area contributed by atoms with Crippen molar-refractivity contribution < 1.29 is 14.5 Å². The molecule has 2 aromatic rings. The summed E-state index contributed by atoms with van der Waals surface area (Å²) in [6.07, 6.45) is 0. The molecule has 1 aromatic carbocycles. The number of hydrogen-bond acceptors (Lipinski definition) is 6. The molecule has 1 aromatic heterocycles. The Balaban J connectivity index is 2.27. The van der Waals surface area contributed by atoms with Crippen molar-refractivity contribution in [2.24, 2.45) is 0 Å². The minimum Gasteiger partial charge on any atom is -0.465 e. The van der Waals surface area contributed by atoms with Crippen molar-refractivity contribution in [1.82, 2.24) is 15.0 Å². The first-order chi connectivity index (χ1) is 8.60. The normalized spacial score (nSPS) is 10.5. The maximum atomic E-state index is 11.2. The summed E-state index contributed by atoms with van der Waals surface area (Å²) in [5.41, 5.74) is 0.795. The van der Waals surface area contributed by atoms with Crippen molar-refractivity contribution in [3.05, 3.63) is 28.3 Å². The average Bonchev–Trinajstić information content (AvgIpc) is 2.69. The standard InChI is InChI=1S/C10H10N4O4/c1-2-18-10(15)6-13-11-8-4-3-7(14(16)17)5-9(8)12-13/h3-5H,2,6H2,1H3. The van der Waals surface area contributed by atoms with E-state index in [1.165, 1.54) is 18.2 Å². The van der Waals surface area contributed by atoms with E-state index in [4.69, 9.17) is 4.74 Å². The lowest BCUT2D eigenvalue weighted by Gasteiger charge is -1.99. The van der Waals surface area contributed by atoms with Gasteiger partial charge in [0.05, 0.1) is 11.5 Å². The van der Waals surface area contributed by atoms with E-state index in [9.17, 15) is 14.9 Å². The monoisotopic (exact) mass is 250 g/mol. The molecule has 0 saturated heterocycles. The van der Waals surface area contributed by atoms with Crippen molar-refractivity contribution in [3.63, 3.8) is 0 Å². The van der Waals surface area contributed by atoms with Crippen LogP contribution in [0.1, 0.15) is 6.92 Å². The molecule has 0 amide bonds. The number of nitro benzene ring substituents is 1. The van der Waals surface area contributed by atoms with E-state index in [1.54, 1.807) is 6.92 Å². The van der Waals surface area contributed by atoms with Crippen LogP contribution in [0.3, 0.4) is 0 Å². The molecular weight excluding hydrogens is 240 g/mol. The van der Waals surface area contributed by atoms with Crippen LogP contribution in [0.25, 0.3) is 11.0 Å². The quantitative estimate of drug-likeness (QED) is 0.454. The number of nitro groups is 1. The van der Waals surface area contributed by atoms with Gasteiger partial charge in [0.1, 0.15) is 11.0 Å². The average molecular weight is 250 g/mol. The highest BCUT2D eigenvalue weighted by Crippen LogP contribution is 2.17. The molecule has 8 nitrogen and oxygen atoms in total. The molecule has 0 aliphatic heterocycles. The summed E-state index contributed by atoms with van der Waals surface area (Å²) in [5.74, 6) is -0.452. The van der Waals surface area contributed by atoms with Crippen LogP contribution < -0.4 is 0 Å². The van der Waals surface area contributed by atoms with Crippen LogP contribution in [-0.2, 0) is 16.1 Å². The van der Waals surface area contributed by atoms with Gasteiger partial charge < -0.3 is 4.74 Å². The minimum atomic E-state index is -0.510. The molecule has 0 aliphatic carbocycles. The van der Waals surface area contributed by atoms with Gasteiger partial charge in [-0.2, -0.15) is 15.0 Å². The van der Waals surface area contributed by atoms with Crippen LogP contribution in [0.4, 0.5) is 5.69 Å². The first-order valence-electron chi connectivity index (χ1n) is 5.25. The number of esters is 1. The fourth-order valence-corrected chi connectivity index (χ4v) is 1.45. The molecule has 0 N–H and O–H groups in total. The molecule has 0 bridgehead atoms. The molecule has 0 saturated carbocycles. The molecule has 0 fully saturated rings. The first-order valence-corrected chi connectivity index (χ1v) is 5.25. The molecule has 0 atom stereocenters. The predicted molar refractivity (Wildman–Crippen MR) is 60.8 cm³/mol. The number of carbonyl (C=O) groups excluding carboxylic acids is 1. The second-order valence-electron chi connectivity index (χ2n) is 3.47. The lowest BCUT2D eigenvalue weighted by molar-refractivity contribution is -0.384. The van der Waals surface area contributed by atoms with E-state index >= 15 is 0 Å². The summed E-state index contributed by atoms with van der Waals surface area (Å²) < 4.78 is 4.76. The summed E-state index contributed by atoms with van der Waals surface area (Å²) in [5, 5.41) is 18.6. The van der Waals surface area contributed by atoms with Gasteiger partial charge in [-0.1, -0.05) is 0 Å². The van der Waals surface area contributed by atoms with E-state index in [2.05, 4.69) is 10.2 Å². The molecule has 2 rings (SSSR count). The van der Waals surface area contributed by atoms with Crippen molar-refractivity contribution in [3.8, 4) is 0 Å². The highest BCUT2D eigenvalue weighted by molar-refractivity contribution is 5.77. The lowest BCUT2D eigenvalue weighted by Crippen LogP contribution is -2.15. The number of ether oxygens (including phenoxy) is 1. The summed E-state index contributed by atoms with van der Waals surface area (Å²) >= 11 is 0. The van der Waals surface area contributed by atoms with Crippen molar-refractivity contribution in [1.29, 1.82) is 0 Å². The number of benzene rings is 1. The van der Waals surface area contributed by atoms with Gasteiger partial charge in [0, 0.05) is 12.1 Å². The molecule has 0 spiro atoms. The van der Waals surface area contributed by atoms with Gasteiger partial charge >= 0.3 is 5.97 Å².